The fraction of sp³-hybridized carbons (Fsp3) is 0.368. The number of nitrogens with one attached hydrogen (secondary N) is 1. The van der Waals surface area contributed by atoms with Crippen LogP contribution in [-0.2, 0) is 9.59 Å². The van der Waals surface area contributed by atoms with Crippen molar-refractivity contribution in [1.29, 1.82) is 0 Å². The van der Waals surface area contributed by atoms with Gasteiger partial charge in [-0.3, -0.25) is 14.5 Å². The molecule has 5 heteroatoms. The SMILES string of the molecule is CC(C)N(CC(N)=O)CC(=O)N[C@H](C)c1cccc2ccccc12. The number of carbonyl (C=O) groups excluding carboxylic acids is 2. The molecule has 0 spiro atoms. The van der Waals surface area contributed by atoms with Gasteiger partial charge in [-0.2, -0.15) is 0 Å². The number of rotatable bonds is 7. The molecule has 0 saturated carbocycles. The Balaban J connectivity index is 2.09. The van der Waals surface area contributed by atoms with Crippen molar-refractivity contribution in [3.05, 3.63) is 48.0 Å². The summed E-state index contributed by atoms with van der Waals surface area (Å²) in [5, 5.41) is 5.29. The number of carbonyl (C=O) groups is 2. The number of amides is 2. The van der Waals surface area contributed by atoms with Crippen molar-refractivity contribution in [2.24, 2.45) is 5.73 Å². The van der Waals surface area contributed by atoms with Crippen molar-refractivity contribution in [2.45, 2.75) is 32.9 Å². The number of fused-ring (bicyclic) bond motifs is 1. The molecule has 128 valence electrons. The number of hydrogen-bond donors (Lipinski definition) is 2. The molecule has 1 atom stereocenters. The monoisotopic (exact) mass is 327 g/mol. The van der Waals surface area contributed by atoms with Gasteiger partial charge in [0.2, 0.25) is 11.8 Å². The minimum Gasteiger partial charge on any atom is -0.369 e. The van der Waals surface area contributed by atoms with Gasteiger partial charge in [-0.25, -0.2) is 0 Å². The zero-order chi connectivity index (χ0) is 17.7. The Kier molecular flexibility index (Phi) is 5.93. The molecule has 0 aliphatic heterocycles. The minimum atomic E-state index is -0.432. The zero-order valence-corrected chi connectivity index (χ0v) is 14.5. The van der Waals surface area contributed by atoms with E-state index in [1.54, 1.807) is 4.90 Å². The van der Waals surface area contributed by atoms with Crippen LogP contribution in [0.4, 0.5) is 0 Å². The Hall–Kier alpha value is -2.40. The number of hydrogen-bond acceptors (Lipinski definition) is 3. The molecule has 3 N–H and O–H groups in total. The molecule has 0 aliphatic rings. The van der Waals surface area contributed by atoms with Crippen molar-refractivity contribution in [3.63, 3.8) is 0 Å². The quantitative estimate of drug-likeness (QED) is 0.819. The summed E-state index contributed by atoms with van der Waals surface area (Å²) < 4.78 is 0. The van der Waals surface area contributed by atoms with E-state index in [-0.39, 0.29) is 31.1 Å². The number of primary amides is 1. The lowest BCUT2D eigenvalue weighted by Crippen LogP contribution is -2.45. The molecule has 0 radical (unpaired) electrons. The topological polar surface area (TPSA) is 75.4 Å². The molecular weight excluding hydrogens is 302 g/mol. The van der Waals surface area contributed by atoms with Crippen LogP contribution in [-0.4, -0.2) is 35.8 Å². The highest BCUT2D eigenvalue weighted by Gasteiger charge is 2.18. The average molecular weight is 327 g/mol. The summed E-state index contributed by atoms with van der Waals surface area (Å²) in [5.74, 6) is -0.552. The number of nitrogens with two attached hydrogens (primary N) is 1. The zero-order valence-electron chi connectivity index (χ0n) is 14.5. The molecule has 2 rings (SSSR count). The smallest absolute Gasteiger partial charge is 0.234 e. The Labute approximate surface area is 142 Å². The molecule has 0 aliphatic carbocycles. The van der Waals surface area contributed by atoms with Crippen LogP contribution in [0.3, 0.4) is 0 Å². The normalized spacial score (nSPS) is 12.5. The van der Waals surface area contributed by atoms with Crippen LogP contribution in [0.25, 0.3) is 10.8 Å². The third kappa shape index (κ3) is 4.55. The van der Waals surface area contributed by atoms with Gasteiger partial charge < -0.3 is 11.1 Å². The average Bonchev–Trinajstić information content (AvgIpc) is 2.53. The van der Waals surface area contributed by atoms with Crippen LogP contribution in [0.5, 0.6) is 0 Å². The fourth-order valence-corrected chi connectivity index (χ4v) is 2.80. The molecule has 0 unspecified atom stereocenters. The standard InChI is InChI=1S/C19H25N3O2/c1-13(2)22(11-18(20)23)12-19(24)21-14(3)16-10-6-8-15-7-4-5-9-17(15)16/h4-10,13-14H,11-12H2,1-3H3,(H2,20,23)(H,21,24)/t14-/m1/s1. The van der Waals surface area contributed by atoms with Crippen molar-refractivity contribution >= 4 is 22.6 Å². The first kappa shape index (κ1) is 17.9. The molecular formula is C19H25N3O2. The van der Waals surface area contributed by atoms with E-state index in [0.29, 0.717) is 0 Å². The van der Waals surface area contributed by atoms with Gasteiger partial charge in [-0.15, -0.1) is 0 Å². The van der Waals surface area contributed by atoms with E-state index in [4.69, 9.17) is 5.73 Å². The number of nitrogens with zero attached hydrogens (tertiary/aromatic N) is 1. The van der Waals surface area contributed by atoms with Gasteiger partial charge in [-0.05, 0) is 37.1 Å². The molecule has 0 aromatic heterocycles. The second kappa shape index (κ2) is 7.93. The second-order valence-electron chi connectivity index (χ2n) is 6.32. The first-order valence-electron chi connectivity index (χ1n) is 8.18. The van der Waals surface area contributed by atoms with Gasteiger partial charge >= 0.3 is 0 Å². The Bertz CT molecular complexity index is 722. The van der Waals surface area contributed by atoms with Gasteiger partial charge in [0, 0.05) is 6.04 Å². The Morgan fingerprint density at radius 1 is 1.04 bits per heavy atom. The molecule has 2 aromatic rings. The lowest BCUT2D eigenvalue weighted by molar-refractivity contribution is -0.125. The maximum absolute atomic E-state index is 12.4. The Morgan fingerprint density at radius 2 is 1.71 bits per heavy atom. The maximum atomic E-state index is 12.4. The van der Waals surface area contributed by atoms with Crippen LogP contribution >= 0.6 is 0 Å². The second-order valence-corrected chi connectivity index (χ2v) is 6.32. The third-order valence-corrected chi connectivity index (χ3v) is 4.10. The molecule has 0 fully saturated rings. The van der Waals surface area contributed by atoms with E-state index in [1.807, 2.05) is 45.0 Å². The maximum Gasteiger partial charge on any atom is 0.234 e. The van der Waals surface area contributed by atoms with E-state index in [0.717, 1.165) is 16.3 Å². The fourth-order valence-electron chi connectivity index (χ4n) is 2.80. The first-order valence-corrected chi connectivity index (χ1v) is 8.18. The summed E-state index contributed by atoms with van der Waals surface area (Å²) in [7, 11) is 0. The summed E-state index contributed by atoms with van der Waals surface area (Å²) in [6.07, 6.45) is 0. The van der Waals surface area contributed by atoms with Gasteiger partial charge in [0.25, 0.3) is 0 Å². The molecule has 0 bridgehead atoms. The molecule has 2 aromatic carbocycles. The van der Waals surface area contributed by atoms with Crippen LogP contribution in [0.2, 0.25) is 0 Å². The molecule has 24 heavy (non-hydrogen) atoms. The van der Waals surface area contributed by atoms with Crippen molar-refractivity contribution < 1.29 is 9.59 Å². The van der Waals surface area contributed by atoms with Gasteiger partial charge in [0.15, 0.2) is 0 Å². The van der Waals surface area contributed by atoms with E-state index in [1.165, 1.54) is 0 Å². The van der Waals surface area contributed by atoms with Crippen molar-refractivity contribution in [2.75, 3.05) is 13.1 Å². The van der Waals surface area contributed by atoms with Crippen LogP contribution in [0, 0.1) is 0 Å². The summed E-state index contributed by atoms with van der Waals surface area (Å²) in [6.45, 7) is 6.06. The Morgan fingerprint density at radius 3 is 2.38 bits per heavy atom. The highest BCUT2D eigenvalue weighted by atomic mass is 16.2. The van der Waals surface area contributed by atoms with Crippen LogP contribution in [0.1, 0.15) is 32.4 Å². The summed E-state index contributed by atoms with van der Waals surface area (Å²) in [6, 6.07) is 14.1. The highest BCUT2D eigenvalue weighted by Crippen LogP contribution is 2.23. The highest BCUT2D eigenvalue weighted by molar-refractivity contribution is 5.87. The first-order chi connectivity index (χ1) is 11.4. The molecule has 0 saturated heterocycles. The largest absolute Gasteiger partial charge is 0.369 e. The van der Waals surface area contributed by atoms with E-state index >= 15 is 0 Å². The van der Waals surface area contributed by atoms with Crippen molar-refractivity contribution in [1.82, 2.24) is 10.2 Å². The molecule has 5 nitrogen and oxygen atoms in total. The number of benzene rings is 2. The predicted octanol–water partition coefficient (Wildman–Crippen LogP) is 2.21. The summed E-state index contributed by atoms with van der Waals surface area (Å²) >= 11 is 0. The lowest BCUT2D eigenvalue weighted by Gasteiger charge is -2.25. The van der Waals surface area contributed by atoms with Crippen molar-refractivity contribution in [3.8, 4) is 0 Å². The predicted molar refractivity (Wildman–Crippen MR) is 96.4 cm³/mol. The van der Waals surface area contributed by atoms with E-state index in [2.05, 4.69) is 23.5 Å². The molecule has 2 amide bonds. The lowest BCUT2D eigenvalue weighted by atomic mass is 10.00. The van der Waals surface area contributed by atoms with E-state index in [9.17, 15) is 9.59 Å². The van der Waals surface area contributed by atoms with E-state index < -0.39 is 5.91 Å². The summed E-state index contributed by atoms with van der Waals surface area (Å²) in [5.41, 5.74) is 6.33. The van der Waals surface area contributed by atoms with Gasteiger partial charge in [0.1, 0.15) is 0 Å². The summed E-state index contributed by atoms with van der Waals surface area (Å²) in [4.78, 5) is 25.2. The third-order valence-electron chi connectivity index (χ3n) is 4.10. The van der Waals surface area contributed by atoms with Crippen LogP contribution < -0.4 is 11.1 Å². The van der Waals surface area contributed by atoms with Gasteiger partial charge in [-0.1, -0.05) is 42.5 Å². The van der Waals surface area contributed by atoms with Crippen LogP contribution in [0.15, 0.2) is 42.5 Å². The van der Waals surface area contributed by atoms with Gasteiger partial charge in [0.05, 0.1) is 19.1 Å². The minimum absolute atomic E-state index is 0.0658. The molecule has 0 heterocycles.